The largest absolute Gasteiger partial charge is 0.481 e. The standard InChI is InChI=1S/C22H25NO4/c1-2-3-16-4-8-19(9-5-16)27-20-10-6-17(7-11-20)12-13-23-15-18(22(25)26)14-21(23)24/h4-11,18H,2-3,12-15H2,1H3,(H,25,26). The summed E-state index contributed by atoms with van der Waals surface area (Å²) < 4.78 is 5.87. The Balaban J connectivity index is 1.51. The summed E-state index contributed by atoms with van der Waals surface area (Å²) in [5, 5.41) is 9.03. The van der Waals surface area contributed by atoms with Crippen molar-refractivity contribution in [1.29, 1.82) is 0 Å². The molecule has 0 aliphatic carbocycles. The highest BCUT2D eigenvalue weighted by Gasteiger charge is 2.33. The first-order chi connectivity index (χ1) is 13.0. The fourth-order valence-electron chi connectivity index (χ4n) is 3.29. The van der Waals surface area contributed by atoms with Crippen LogP contribution in [0.5, 0.6) is 11.5 Å². The summed E-state index contributed by atoms with van der Waals surface area (Å²) in [7, 11) is 0. The van der Waals surface area contributed by atoms with Gasteiger partial charge in [-0.1, -0.05) is 37.6 Å². The molecule has 27 heavy (non-hydrogen) atoms. The number of carbonyl (C=O) groups excluding carboxylic acids is 1. The Morgan fingerprint density at radius 3 is 2.07 bits per heavy atom. The SMILES string of the molecule is CCCc1ccc(Oc2ccc(CCN3CC(C(=O)O)CC3=O)cc2)cc1. The smallest absolute Gasteiger partial charge is 0.308 e. The van der Waals surface area contributed by atoms with Crippen LogP contribution in [0.4, 0.5) is 0 Å². The number of aryl methyl sites for hydroxylation is 1. The molecule has 5 nitrogen and oxygen atoms in total. The number of hydrogen-bond donors (Lipinski definition) is 1. The minimum absolute atomic E-state index is 0.0751. The minimum atomic E-state index is -0.893. The molecule has 1 N–H and O–H groups in total. The van der Waals surface area contributed by atoms with Gasteiger partial charge in [-0.3, -0.25) is 9.59 Å². The lowest BCUT2D eigenvalue weighted by atomic mass is 10.1. The van der Waals surface area contributed by atoms with Crippen LogP contribution in [0, 0.1) is 5.92 Å². The summed E-state index contributed by atoms with van der Waals surface area (Å²) in [5.74, 6) is 0.0381. The van der Waals surface area contributed by atoms with E-state index in [4.69, 9.17) is 9.84 Å². The van der Waals surface area contributed by atoms with E-state index in [1.807, 2.05) is 36.4 Å². The summed E-state index contributed by atoms with van der Waals surface area (Å²) >= 11 is 0. The number of nitrogens with zero attached hydrogens (tertiary/aromatic N) is 1. The zero-order chi connectivity index (χ0) is 19.2. The van der Waals surface area contributed by atoms with E-state index in [1.165, 1.54) is 5.56 Å². The van der Waals surface area contributed by atoms with E-state index in [9.17, 15) is 9.59 Å². The van der Waals surface area contributed by atoms with Gasteiger partial charge < -0.3 is 14.7 Å². The molecule has 1 atom stereocenters. The molecule has 0 radical (unpaired) electrons. The van der Waals surface area contributed by atoms with Crippen LogP contribution >= 0.6 is 0 Å². The van der Waals surface area contributed by atoms with E-state index in [0.29, 0.717) is 19.5 Å². The van der Waals surface area contributed by atoms with Crippen LogP contribution in [0.25, 0.3) is 0 Å². The average molecular weight is 367 g/mol. The number of benzene rings is 2. The summed E-state index contributed by atoms with van der Waals surface area (Å²) in [5.41, 5.74) is 2.40. The molecule has 0 spiro atoms. The second-order valence-electron chi connectivity index (χ2n) is 6.97. The van der Waals surface area contributed by atoms with E-state index in [-0.39, 0.29) is 12.3 Å². The number of carbonyl (C=O) groups is 2. The molecule has 1 saturated heterocycles. The number of carboxylic acid groups (broad SMARTS) is 1. The van der Waals surface area contributed by atoms with Gasteiger partial charge in [0, 0.05) is 19.5 Å². The highest BCUT2D eigenvalue weighted by atomic mass is 16.5. The maximum atomic E-state index is 11.9. The van der Waals surface area contributed by atoms with Crippen LogP contribution in [0.1, 0.15) is 30.9 Å². The number of aliphatic carboxylic acids is 1. The number of carboxylic acids is 1. The third-order valence-corrected chi connectivity index (χ3v) is 4.86. The number of rotatable bonds is 8. The lowest BCUT2D eigenvalue weighted by Crippen LogP contribution is -2.28. The maximum Gasteiger partial charge on any atom is 0.308 e. The Hall–Kier alpha value is -2.82. The highest BCUT2D eigenvalue weighted by Crippen LogP contribution is 2.23. The molecule has 1 fully saturated rings. The zero-order valence-corrected chi connectivity index (χ0v) is 15.6. The fraction of sp³-hybridized carbons (Fsp3) is 0.364. The Morgan fingerprint density at radius 2 is 1.59 bits per heavy atom. The van der Waals surface area contributed by atoms with Gasteiger partial charge in [0.1, 0.15) is 11.5 Å². The topological polar surface area (TPSA) is 66.8 Å². The first-order valence-corrected chi connectivity index (χ1v) is 9.41. The van der Waals surface area contributed by atoms with Crippen molar-refractivity contribution in [2.45, 2.75) is 32.6 Å². The van der Waals surface area contributed by atoms with Gasteiger partial charge in [0.15, 0.2) is 0 Å². The summed E-state index contributed by atoms with van der Waals surface area (Å²) in [6, 6.07) is 15.9. The van der Waals surface area contributed by atoms with Crippen molar-refractivity contribution in [3.63, 3.8) is 0 Å². The van der Waals surface area contributed by atoms with Crippen LogP contribution in [0.15, 0.2) is 48.5 Å². The summed E-state index contributed by atoms with van der Waals surface area (Å²) in [6.45, 7) is 3.02. The highest BCUT2D eigenvalue weighted by molar-refractivity contribution is 5.86. The van der Waals surface area contributed by atoms with Crippen LogP contribution in [0.3, 0.4) is 0 Å². The van der Waals surface area contributed by atoms with Crippen molar-refractivity contribution < 1.29 is 19.4 Å². The Morgan fingerprint density at radius 1 is 1.04 bits per heavy atom. The molecule has 2 aromatic carbocycles. The number of likely N-dealkylation sites (tertiary alicyclic amines) is 1. The Labute approximate surface area is 159 Å². The van der Waals surface area contributed by atoms with Gasteiger partial charge >= 0.3 is 5.97 Å². The van der Waals surface area contributed by atoms with Crippen LogP contribution in [-0.2, 0) is 22.4 Å². The second-order valence-corrected chi connectivity index (χ2v) is 6.97. The summed E-state index contributed by atoms with van der Waals surface area (Å²) in [6.07, 6.45) is 3.01. The van der Waals surface area contributed by atoms with Gasteiger partial charge in [-0.15, -0.1) is 0 Å². The van der Waals surface area contributed by atoms with Gasteiger partial charge in [0.05, 0.1) is 5.92 Å². The third-order valence-electron chi connectivity index (χ3n) is 4.86. The van der Waals surface area contributed by atoms with Gasteiger partial charge in [-0.25, -0.2) is 0 Å². The third kappa shape index (κ3) is 5.09. The molecule has 1 unspecified atom stereocenters. The summed E-state index contributed by atoms with van der Waals surface area (Å²) in [4.78, 5) is 24.5. The molecule has 1 amide bonds. The molecular weight excluding hydrogens is 342 g/mol. The molecule has 0 saturated carbocycles. The van der Waals surface area contributed by atoms with Crippen molar-refractivity contribution in [2.75, 3.05) is 13.1 Å². The van der Waals surface area contributed by atoms with E-state index in [1.54, 1.807) is 4.90 Å². The Kier molecular flexibility index (Phi) is 6.12. The number of hydrogen-bond acceptors (Lipinski definition) is 3. The first kappa shape index (κ1) is 19.0. The Bertz CT molecular complexity index is 783. The molecule has 1 aliphatic heterocycles. The van der Waals surface area contributed by atoms with Crippen LogP contribution in [-0.4, -0.2) is 35.0 Å². The molecule has 0 aromatic heterocycles. The quantitative estimate of drug-likeness (QED) is 0.768. The van der Waals surface area contributed by atoms with Gasteiger partial charge in [0.2, 0.25) is 5.91 Å². The minimum Gasteiger partial charge on any atom is -0.481 e. The molecule has 1 aliphatic rings. The molecule has 5 heteroatoms. The average Bonchev–Trinajstić information content (AvgIpc) is 3.04. The van der Waals surface area contributed by atoms with E-state index < -0.39 is 11.9 Å². The number of ether oxygens (including phenoxy) is 1. The van der Waals surface area contributed by atoms with Crippen molar-refractivity contribution in [2.24, 2.45) is 5.92 Å². The second kappa shape index (κ2) is 8.71. The number of amides is 1. The van der Waals surface area contributed by atoms with E-state index in [0.717, 1.165) is 29.9 Å². The molecule has 0 bridgehead atoms. The molecular formula is C22H25NO4. The molecule has 142 valence electrons. The normalized spacial score (nSPS) is 16.6. The first-order valence-electron chi connectivity index (χ1n) is 9.41. The molecule has 2 aromatic rings. The van der Waals surface area contributed by atoms with Crippen molar-refractivity contribution in [1.82, 2.24) is 4.90 Å². The van der Waals surface area contributed by atoms with Gasteiger partial charge in [-0.2, -0.15) is 0 Å². The predicted molar refractivity (Wildman–Crippen MR) is 103 cm³/mol. The van der Waals surface area contributed by atoms with Crippen molar-refractivity contribution in [3.8, 4) is 11.5 Å². The van der Waals surface area contributed by atoms with Gasteiger partial charge in [0.25, 0.3) is 0 Å². The fourth-order valence-corrected chi connectivity index (χ4v) is 3.29. The van der Waals surface area contributed by atoms with Crippen LogP contribution in [0.2, 0.25) is 0 Å². The van der Waals surface area contributed by atoms with Crippen molar-refractivity contribution in [3.05, 3.63) is 59.7 Å². The van der Waals surface area contributed by atoms with Crippen LogP contribution < -0.4 is 4.74 Å². The maximum absolute atomic E-state index is 11.9. The van der Waals surface area contributed by atoms with Crippen molar-refractivity contribution >= 4 is 11.9 Å². The van der Waals surface area contributed by atoms with Gasteiger partial charge in [-0.05, 0) is 48.2 Å². The van der Waals surface area contributed by atoms with E-state index >= 15 is 0 Å². The lowest BCUT2D eigenvalue weighted by Gasteiger charge is -2.16. The molecule has 3 rings (SSSR count). The molecule has 1 heterocycles. The monoisotopic (exact) mass is 367 g/mol. The predicted octanol–water partition coefficient (Wildman–Crippen LogP) is 3.91. The lowest BCUT2D eigenvalue weighted by molar-refractivity contribution is -0.141. The van der Waals surface area contributed by atoms with E-state index in [2.05, 4.69) is 19.1 Å². The zero-order valence-electron chi connectivity index (χ0n) is 15.6.